The molecule has 82 valence electrons. The van der Waals surface area contributed by atoms with E-state index in [9.17, 15) is 18.0 Å². The van der Waals surface area contributed by atoms with Crippen molar-refractivity contribution in [3.8, 4) is 0 Å². The molecule has 1 aromatic rings. The van der Waals surface area contributed by atoms with Crippen molar-refractivity contribution < 1.29 is 18.0 Å². The fraction of sp³-hybridized carbons (Fsp3) is 0.222. The van der Waals surface area contributed by atoms with Crippen molar-refractivity contribution >= 4 is 17.5 Å². The zero-order chi connectivity index (χ0) is 11.6. The highest BCUT2D eigenvalue weighted by atomic mass is 35.5. The van der Waals surface area contributed by atoms with E-state index in [2.05, 4.69) is 0 Å². The first kappa shape index (κ1) is 11.8. The average molecular weight is 238 g/mol. The molecule has 0 aromatic heterocycles. The molecule has 0 aliphatic heterocycles. The fourth-order valence-corrected chi connectivity index (χ4v) is 1.18. The van der Waals surface area contributed by atoms with E-state index in [0.717, 1.165) is 0 Å². The molecule has 6 heteroatoms. The third-order valence-electron chi connectivity index (χ3n) is 1.80. The van der Waals surface area contributed by atoms with Crippen LogP contribution in [0.3, 0.4) is 0 Å². The Hall–Kier alpha value is -1.23. The molecule has 1 atom stereocenters. The number of alkyl halides is 1. The molecular formula is C9H7ClF3NO. The lowest BCUT2D eigenvalue weighted by Gasteiger charge is -2.06. The molecule has 0 aliphatic carbocycles. The van der Waals surface area contributed by atoms with Crippen LogP contribution in [0.15, 0.2) is 12.1 Å². The maximum absolute atomic E-state index is 13.0. The number of rotatable bonds is 3. The number of primary amides is 1. The number of benzene rings is 1. The molecule has 1 amide bonds. The first-order valence-electron chi connectivity index (χ1n) is 3.98. The quantitative estimate of drug-likeness (QED) is 0.632. The highest BCUT2D eigenvalue weighted by Crippen LogP contribution is 2.16. The number of nitrogens with two attached hydrogens (primary N) is 1. The smallest absolute Gasteiger partial charge is 0.235 e. The summed E-state index contributed by atoms with van der Waals surface area (Å²) < 4.78 is 38.3. The Labute approximate surface area is 88.8 Å². The first-order chi connectivity index (χ1) is 6.91. The summed E-state index contributed by atoms with van der Waals surface area (Å²) in [5.74, 6) is -4.29. The van der Waals surface area contributed by atoms with Crippen LogP contribution in [0.2, 0.25) is 0 Å². The molecule has 1 unspecified atom stereocenters. The van der Waals surface area contributed by atoms with E-state index < -0.39 is 28.7 Å². The number of hydrogen-bond acceptors (Lipinski definition) is 1. The monoisotopic (exact) mass is 237 g/mol. The minimum atomic E-state index is -1.29. The van der Waals surface area contributed by atoms with Crippen LogP contribution in [0.4, 0.5) is 13.2 Å². The number of hydrogen-bond donors (Lipinski definition) is 1. The maximum Gasteiger partial charge on any atom is 0.235 e. The Balaban J connectivity index is 2.95. The molecule has 1 aromatic carbocycles. The largest absolute Gasteiger partial charge is 0.368 e. The van der Waals surface area contributed by atoms with Gasteiger partial charge in [0.15, 0.2) is 11.6 Å². The van der Waals surface area contributed by atoms with Crippen LogP contribution >= 0.6 is 11.6 Å². The molecule has 2 nitrogen and oxygen atoms in total. The van der Waals surface area contributed by atoms with Crippen LogP contribution < -0.4 is 5.73 Å². The van der Waals surface area contributed by atoms with Gasteiger partial charge in [-0.15, -0.1) is 11.6 Å². The Kier molecular flexibility index (Phi) is 3.57. The summed E-state index contributed by atoms with van der Waals surface area (Å²) in [5, 5.41) is -1.15. The van der Waals surface area contributed by atoms with Gasteiger partial charge in [0.05, 0.1) is 0 Å². The Bertz CT molecular complexity index is 397. The second-order valence-corrected chi connectivity index (χ2v) is 3.46. The van der Waals surface area contributed by atoms with Crippen LogP contribution in [0, 0.1) is 17.5 Å². The van der Waals surface area contributed by atoms with Crippen molar-refractivity contribution in [1.82, 2.24) is 0 Å². The van der Waals surface area contributed by atoms with Crippen molar-refractivity contribution in [1.29, 1.82) is 0 Å². The molecule has 0 spiro atoms. The second kappa shape index (κ2) is 4.53. The Morgan fingerprint density at radius 3 is 2.33 bits per heavy atom. The van der Waals surface area contributed by atoms with E-state index in [1.165, 1.54) is 0 Å². The molecular weight excluding hydrogens is 231 g/mol. The van der Waals surface area contributed by atoms with Crippen LogP contribution in [-0.2, 0) is 11.2 Å². The normalized spacial score (nSPS) is 12.5. The molecule has 0 heterocycles. The molecule has 1 rings (SSSR count). The van der Waals surface area contributed by atoms with Gasteiger partial charge < -0.3 is 5.73 Å². The van der Waals surface area contributed by atoms with E-state index in [0.29, 0.717) is 12.1 Å². The van der Waals surface area contributed by atoms with Crippen LogP contribution in [0.25, 0.3) is 0 Å². The van der Waals surface area contributed by atoms with Gasteiger partial charge in [0, 0.05) is 12.5 Å². The summed E-state index contributed by atoms with van der Waals surface area (Å²) >= 11 is 5.46. The van der Waals surface area contributed by atoms with E-state index in [4.69, 9.17) is 17.3 Å². The SMILES string of the molecule is NC(=O)C(Cl)Cc1cc(F)c(F)cc1F. The van der Waals surface area contributed by atoms with Gasteiger partial charge in [-0.1, -0.05) is 0 Å². The van der Waals surface area contributed by atoms with Gasteiger partial charge in [-0.25, -0.2) is 13.2 Å². The lowest BCUT2D eigenvalue weighted by Crippen LogP contribution is -2.25. The van der Waals surface area contributed by atoms with Gasteiger partial charge in [-0.05, 0) is 11.6 Å². The van der Waals surface area contributed by atoms with Crippen molar-refractivity contribution in [2.75, 3.05) is 0 Å². The molecule has 0 bridgehead atoms. The van der Waals surface area contributed by atoms with Crippen molar-refractivity contribution in [3.05, 3.63) is 35.1 Å². The summed E-state index contributed by atoms with van der Waals surface area (Å²) in [6.45, 7) is 0. The van der Waals surface area contributed by atoms with Crippen molar-refractivity contribution in [2.24, 2.45) is 5.73 Å². The van der Waals surface area contributed by atoms with Gasteiger partial charge >= 0.3 is 0 Å². The highest BCUT2D eigenvalue weighted by Gasteiger charge is 2.17. The predicted molar refractivity (Wildman–Crippen MR) is 48.9 cm³/mol. The molecule has 0 saturated carbocycles. The van der Waals surface area contributed by atoms with Gasteiger partial charge in [0.1, 0.15) is 11.2 Å². The van der Waals surface area contributed by atoms with Gasteiger partial charge in [0.2, 0.25) is 5.91 Å². The zero-order valence-corrected chi connectivity index (χ0v) is 8.19. The molecule has 2 N–H and O–H groups in total. The number of amides is 1. The lowest BCUT2D eigenvalue weighted by molar-refractivity contribution is -0.117. The van der Waals surface area contributed by atoms with E-state index in [1.807, 2.05) is 0 Å². The standard InChI is InChI=1S/C9H7ClF3NO/c10-5(9(14)15)1-4-2-7(12)8(13)3-6(4)11/h2-3,5H,1H2,(H2,14,15). The topological polar surface area (TPSA) is 43.1 Å². The van der Waals surface area contributed by atoms with Crippen LogP contribution in [-0.4, -0.2) is 11.3 Å². The van der Waals surface area contributed by atoms with Crippen molar-refractivity contribution in [2.45, 2.75) is 11.8 Å². The van der Waals surface area contributed by atoms with E-state index >= 15 is 0 Å². The summed E-state index contributed by atoms with van der Waals surface area (Å²) in [7, 11) is 0. The predicted octanol–water partition coefficient (Wildman–Crippen LogP) is 1.74. The summed E-state index contributed by atoms with van der Waals surface area (Å²) in [4.78, 5) is 10.6. The zero-order valence-electron chi connectivity index (χ0n) is 7.44. The second-order valence-electron chi connectivity index (χ2n) is 2.93. The lowest BCUT2D eigenvalue weighted by atomic mass is 10.1. The first-order valence-corrected chi connectivity index (χ1v) is 4.42. The average Bonchev–Trinajstić information content (AvgIpc) is 2.13. The van der Waals surface area contributed by atoms with Gasteiger partial charge in [-0.2, -0.15) is 0 Å². The Morgan fingerprint density at radius 1 is 1.27 bits per heavy atom. The summed E-state index contributed by atoms with van der Waals surface area (Å²) in [6.07, 6.45) is -0.278. The summed E-state index contributed by atoms with van der Waals surface area (Å²) in [6, 6.07) is 1.05. The third-order valence-corrected chi connectivity index (χ3v) is 2.17. The van der Waals surface area contributed by atoms with Crippen molar-refractivity contribution in [3.63, 3.8) is 0 Å². The molecule has 0 saturated heterocycles. The Morgan fingerprint density at radius 2 is 1.80 bits per heavy atom. The van der Waals surface area contributed by atoms with Gasteiger partial charge in [0.25, 0.3) is 0 Å². The van der Waals surface area contributed by atoms with Crippen LogP contribution in [0.1, 0.15) is 5.56 Å². The minimum Gasteiger partial charge on any atom is -0.368 e. The minimum absolute atomic E-state index is 0.187. The summed E-state index contributed by atoms with van der Waals surface area (Å²) in [5.41, 5.74) is 4.65. The van der Waals surface area contributed by atoms with Crippen LogP contribution in [0.5, 0.6) is 0 Å². The fourth-order valence-electron chi connectivity index (χ4n) is 1.01. The highest BCUT2D eigenvalue weighted by molar-refractivity contribution is 6.30. The van der Waals surface area contributed by atoms with E-state index in [1.54, 1.807) is 0 Å². The van der Waals surface area contributed by atoms with E-state index in [-0.39, 0.29) is 12.0 Å². The number of halogens is 4. The molecule has 15 heavy (non-hydrogen) atoms. The van der Waals surface area contributed by atoms with Gasteiger partial charge in [-0.3, -0.25) is 4.79 Å². The molecule has 0 aliphatic rings. The number of carbonyl (C=O) groups excluding carboxylic acids is 1. The molecule has 0 fully saturated rings. The molecule has 0 radical (unpaired) electrons. The number of carbonyl (C=O) groups is 1. The maximum atomic E-state index is 13.0. The third kappa shape index (κ3) is 2.86.